The predicted molar refractivity (Wildman–Crippen MR) is 144 cm³/mol. The molecule has 0 saturated carbocycles. The van der Waals surface area contributed by atoms with E-state index in [2.05, 4.69) is 20.6 Å². The average molecular weight is 517 g/mol. The second kappa shape index (κ2) is 12.6. The standard InChI is InChI=1S/C29H29FN4O4/c1-3-8-27(35)34-24-16-21-23(17-26(24)37-2)31-18-32-29(21)38-25-14-13-20(15-22(25)30)33-28(36)12-7-11-19-9-5-4-6-10-19/h4-6,9-10,13-18H,3,7-8,11-12H2,1-2H3,(H,33,36)(H,34,35). The van der Waals surface area contributed by atoms with Crippen LogP contribution in [0.15, 0.2) is 67.0 Å². The monoisotopic (exact) mass is 516 g/mol. The highest BCUT2D eigenvalue weighted by Crippen LogP contribution is 2.35. The van der Waals surface area contributed by atoms with Crippen LogP contribution < -0.4 is 20.1 Å². The van der Waals surface area contributed by atoms with Gasteiger partial charge in [-0.15, -0.1) is 0 Å². The molecule has 0 aliphatic rings. The van der Waals surface area contributed by atoms with E-state index in [0.29, 0.717) is 53.7 Å². The van der Waals surface area contributed by atoms with Crippen LogP contribution in [0.5, 0.6) is 17.4 Å². The number of carbonyl (C=O) groups excluding carboxylic acids is 2. The Hall–Kier alpha value is -4.53. The lowest BCUT2D eigenvalue weighted by Crippen LogP contribution is -2.12. The molecule has 0 bridgehead atoms. The second-order valence-electron chi connectivity index (χ2n) is 8.68. The fraction of sp³-hybridized carbons (Fsp3) is 0.241. The van der Waals surface area contributed by atoms with Gasteiger partial charge in [0.05, 0.1) is 23.7 Å². The Morgan fingerprint density at radius 2 is 1.71 bits per heavy atom. The molecule has 0 aliphatic carbocycles. The molecule has 0 radical (unpaired) electrons. The molecule has 0 atom stereocenters. The van der Waals surface area contributed by atoms with Crippen LogP contribution in [0.1, 0.15) is 38.2 Å². The highest BCUT2D eigenvalue weighted by molar-refractivity contribution is 5.97. The van der Waals surface area contributed by atoms with Crippen molar-refractivity contribution in [2.75, 3.05) is 17.7 Å². The van der Waals surface area contributed by atoms with E-state index in [0.717, 1.165) is 6.42 Å². The lowest BCUT2D eigenvalue weighted by atomic mass is 10.1. The third kappa shape index (κ3) is 6.82. The summed E-state index contributed by atoms with van der Waals surface area (Å²) in [6.45, 7) is 1.91. The molecule has 0 saturated heterocycles. The maximum atomic E-state index is 14.9. The van der Waals surface area contributed by atoms with Gasteiger partial charge in [0.2, 0.25) is 17.7 Å². The first-order valence-corrected chi connectivity index (χ1v) is 12.4. The number of methoxy groups -OCH3 is 1. The molecular weight excluding hydrogens is 487 g/mol. The van der Waals surface area contributed by atoms with Gasteiger partial charge in [0, 0.05) is 30.7 Å². The number of amides is 2. The van der Waals surface area contributed by atoms with Crippen molar-refractivity contribution in [2.24, 2.45) is 0 Å². The van der Waals surface area contributed by atoms with Gasteiger partial charge in [-0.1, -0.05) is 37.3 Å². The number of halogens is 1. The van der Waals surface area contributed by atoms with Gasteiger partial charge < -0.3 is 20.1 Å². The van der Waals surface area contributed by atoms with Gasteiger partial charge in [0.15, 0.2) is 11.6 Å². The number of carbonyl (C=O) groups is 2. The number of rotatable bonds is 11. The minimum Gasteiger partial charge on any atom is -0.494 e. The molecule has 0 fully saturated rings. The second-order valence-corrected chi connectivity index (χ2v) is 8.68. The first-order chi connectivity index (χ1) is 18.5. The van der Waals surface area contributed by atoms with Crippen molar-refractivity contribution in [2.45, 2.75) is 39.0 Å². The Morgan fingerprint density at radius 1 is 0.921 bits per heavy atom. The van der Waals surface area contributed by atoms with Crippen LogP contribution in [0.3, 0.4) is 0 Å². The lowest BCUT2D eigenvalue weighted by molar-refractivity contribution is -0.117. The number of anilines is 2. The molecule has 2 N–H and O–H groups in total. The van der Waals surface area contributed by atoms with Crippen LogP contribution in [-0.2, 0) is 16.0 Å². The summed E-state index contributed by atoms with van der Waals surface area (Å²) in [5, 5.41) is 6.01. The number of nitrogens with one attached hydrogen (secondary N) is 2. The maximum absolute atomic E-state index is 14.9. The summed E-state index contributed by atoms with van der Waals surface area (Å²) >= 11 is 0. The first-order valence-electron chi connectivity index (χ1n) is 12.4. The summed E-state index contributed by atoms with van der Waals surface area (Å²) in [6.07, 6.45) is 4.15. The zero-order valence-corrected chi connectivity index (χ0v) is 21.3. The van der Waals surface area contributed by atoms with E-state index in [-0.39, 0.29) is 23.4 Å². The van der Waals surface area contributed by atoms with E-state index in [1.54, 1.807) is 18.2 Å². The van der Waals surface area contributed by atoms with E-state index in [9.17, 15) is 14.0 Å². The van der Waals surface area contributed by atoms with E-state index in [1.165, 1.54) is 31.1 Å². The number of hydrogen-bond acceptors (Lipinski definition) is 6. The Bertz CT molecular complexity index is 1430. The summed E-state index contributed by atoms with van der Waals surface area (Å²) in [5.74, 6) is -0.541. The Morgan fingerprint density at radius 3 is 2.45 bits per heavy atom. The van der Waals surface area contributed by atoms with Gasteiger partial charge in [0.25, 0.3) is 0 Å². The average Bonchev–Trinajstić information content (AvgIpc) is 2.91. The van der Waals surface area contributed by atoms with Crippen LogP contribution in [0, 0.1) is 5.82 Å². The van der Waals surface area contributed by atoms with E-state index < -0.39 is 5.82 Å². The van der Waals surface area contributed by atoms with E-state index in [4.69, 9.17) is 9.47 Å². The Kier molecular flexibility index (Phi) is 8.81. The molecule has 0 unspecified atom stereocenters. The van der Waals surface area contributed by atoms with Crippen LogP contribution in [-0.4, -0.2) is 28.9 Å². The Balaban J connectivity index is 1.46. The number of aryl methyl sites for hydroxylation is 1. The Labute approximate surface area is 220 Å². The molecule has 1 aromatic heterocycles. The van der Waals surface area contributed by atoms with Crippen molar-refractivity contribution in [3.05, 3.63) is 78.4 Å². The summed E-state index contributed by atoms with van der Waals surface area (Å²) in [5.41, 5.74) is 2.43. The molecule has 38 heavy (non-hydrogen) atoms. The van der Waals surface area contributed by atoms with Crippen LogP contribution in [0.2, 0.25) is 0 Å². The van der Waals surface area contributed by atoms with Crippen LogP contribution in [0.4, 0.5) is 15.8 Å². The van der Waals surface area contributed by atoms with E-state index >= 15 is 0 Å². The third-order valence-electron chi connectivity index (χ3n) is 5.81. The summed E-state index contributed by atoms with van der Waals surface area (Å²) in [7, 11) is 1.49. The number of nitrogens with zero attached hydrogens (tertiary/aromatic N) is 2. The molecule has 0 aliphatic heterocycles. The molecule has 196 valence electrons. The van der Waals surface area contributed by atoms with Crippen LogP contribution >= 0.6 is 0 Å². The molecule has 4 rings (SSSR count). The lowest BCUT2D eigenvalue weighted by Gasteiger charge is -2.14. The number of fused-ring (bicyclic) bond motifs is 1. The third-order valence-corrected chi connectivity index (χ3v) is 5.81. The van der Waals surface area contributed by atoms with Crippen molar-refractivity contribution < 1.29 is 23.5 Å². The van der Waals surface area contributed by atoms with Crippen molar-refractivity contribution in [1.29, 1.82) is 0 Å². The molecule has 4 aromatic rings. The highest BCUT2D eigenvalue weighted by atomic mass is 19.1. The van der Waals surface area contributed by atoms with Gasteiger partial charge >= 0.3 is 0 Å². The smallest absolute Gasteiger partial charge is 0.230 e. The van der Waals surface area contributed by atoms with Gasteiger partial charge in [0.1, 0.15) is 12.1 Å². The van der Waals surface area contributed by atoms with Crippen molar-refractivity contribution in [1.82, 2.24) is 9.97 Å². The minimum atomic E-state index is -0.663. The quantitative estimate of drug-likeness (QED) is 0.244. The topological polar surface area (TPSA) is 102 Å². The largest absolute Gasteiger partial charge is 0.494 e. The van der Waals surface area contributed by atoms with Gasteiger partial charge in [-0.2, -0.15) is 0 Å². The number of aromatic nitrogens is 2. The normalized spacial score (nSPS) is 10.7. The van der Waals surface area contributed by atoms with Gasteiger partial charge in [-0.3, -0.25) is 9.59 Å². The van der Waals surface area contributed by atoms with E-state index in [1.807, 2.05) is 37.3 Å². The minimum absolute atomic E-state index is 0.0699. The summed E-state index contributed by atoms with van der Waals surface area (Å²) in [4.78, 5) is 32.9. The van der Waals surface area contributed by atoms with Crippen molar-refractivity contribution >= 4 is 34.1 Å². The summed E-state index contributed by atoms with van der Waals surface area (Å²) in [6, 6.07) is 17.4. The molecule has 0 spiro atoms. The predicted octanol–water partition coefficient (Wildman–Crippen LogP) is 6.27. The number of ether oxygens (including phenoxy) is 2. The molecule has 9 heteroatoms. The fourth-order valence-electron chi connectivity index (χ4n) is 3.93. The number of hydrogen-bond donors (Lipinski definition) is 2. The van der Waals surface area contributed by atoms with Gasteiger partial charge in [-0.05, 0) is 43.0 Å². The molecule has 1 heterocycles. The first kappa shape index (κ1) is 26.5. The zero-order chi connectivity index (χ0) is 26.9. The molecule has 3 aromatic carbocycles. The van der Waals surface area contributed by atoms with Gasteiger partial charge in [-0.25, -0.2) is 14.4 Å². The SMILES string of the molecule is CCCC(=O)Nc1cc2c(Oc3ccc(NC(=O)CCCc4ccccc4)cc3F)ncnc2cc1OC. The fourth-order valence-corrected chi connectivity index (χ4v) is 3.93. The number of benzene rings is 3. The van der Waals surface area contributed by atoms with Crippen molar-refractivity contribution in [3.63, 3.8) is 0 Å². The zero-order valence-electron chi connectivity index (χ0n) is 21.3. The summed E-state index contributed by atoms with van der Waals surface area (Å²) < 4.78 is 26.1. The molecule has 8 nitrogen and oxygen atoms in total. The maximum Gasteiger partial charge on any atom is 0.230 e. The highest BCUT2D eigenvalue weighted by Gasteiger charge is 2.16. The molecule has 2 amide bonds. The van der Waals surface area contributed by atoms with Crippen molar-refractivity contribution in [3.8, 4) is 17.4 Å². The molecular formula is C29H29FN4O4. The van der Waals surface area contributed by atoms with Crippen LogP contribution in [0.25, 0.3) is 10.9 Å².